The highest BCUT2D eigenvalue weighted by molar-refractivity contribution is 5.61. The second-order valence-corrected chi connectivity index (χ2v) is 5.72. The summed E-state index contributed by atoms with van der Waals surface area (Å²) in [5.41, 5.74) is 1.03. The molecule has 0 unspecified atom stereocenters. The predicted octanol–water partition coefficient (Wildman–Crippen LogP) is 4.18. The van der Waals surface area contributed by atoms with Crippen LogP contribution in [0.25, 0.3) is 11.4 Å². The highest BCUT2D eigenvalue weighted by atomic mass is 15.1. The van der Waals surface area contributed by atoms with E-state index in [0.717, 1.165) is 36.0 Å². The van der Waals surface area contributed by atoms with E-state index in [1.165, 1.54) is 0 Å². The van der Waals surface area contributed by atoms with Gasteiger partial charge < -0.3 is 10.6 Å². The Morgan fingerprint density at radius 1 is 1.00 bits per heavy atom. The van der Waals surface area contributed by atoms with Gasteiger partial charge in [-0.25, -0.2) is 9.97 Å². The molecule has 2 rings (SSSR count). The largest absolute Gasteiger partial charge is 0.370 e. The molecule has 0 saturated heterocycles. The second kappa shape index (κ2) is 6.57. The fourth-order valence-corrected chi connectivity index (χ4v) is 1.93. The first kappa shape index (κ1) is 15.3. The quantitative estimate of drug-likeness (QED) is 0.835. The molecule has 0 atom stereocenters. The van der Waals surface area contributed by atoms with Crippen molar-refractivity contribution in [1.82, 2.24) is 9.97 Å². The van der Waals surface area contributed by atoms with E-state index in [1.807, 2.05) is 36.4 Å². The Morgan fingerprint density at radius 2 is 1.67 bits per heavy atom. The molecule has 2 aromatic rings. The zero-order valence-corrected chi connectivity index (χ0v) is 13.3. The number of hydrogen-bond donors (Lipinski definition) is 2. The van der Waals surface area contributed by atoms with Crippen LogP contribution in [0.15, 0.2) is 36.4 Å². The zero-order chi connectivity index (χ0) is 15.3. The predicted molar refractivity (Wildman–Crippen MR) is 89.6 cm³/mol. The SMILES string of the molecule is CCNc1cc(NC(C)(C)CC)nc(-c2ccccc2)n1. The summed E-state index contributed by atoms with van der Waals surface area (Å²) in [6, 6.07) is 12.0. The topological polar surface area (TPSA) is 49.8 Å². The van der Waals surface area contributed by atoms with Crippen molar-refractivity contribution in [3.05, 3.63) is 36.4 Å². The molecule has 0 radical (unpaired) electrons. The van der Waals surface area contributed by atoms with Crippen molar-refractivity contribution in [1.29, 1.82) is 0 Å². The third-order valence-corrected chi connectivity index (χ3v) is 3.47. The summed E-state index contributed by atoms with van der Waals surface area (Å²) in [6.07, 6.45) is 1.02. The molecule has 4 heteroatoms. The van der Waals surface area contributed by atoms with E-state index in [0.29, 0.717) is 0 Å². The molecule has 4 nitrogen and oxygen atoms in total. The van der Waals surface area contributed by atoms with Crippen molar-refractivity contribution in [3.63, 3.8) is 0 Å². The molecule has 0 amide bonds. The van der Waals surface area contributed by atoms with Gasteiger partial charge in [-0.05, 0) is 27.2 Å². The average Bonchev–Trinajstić information content (AvgIpc) is 2.48. The molecule has 0 saturated carbocycles. The van der Waals surface area contributed by atoms with Gasteiger partial charge in [0.05, 0.1) is 0 Å². The van der Waals surface area contributed by atoms with Crippen LogP contribution < -0.4 is 10.6 Å². The van der Waals surface area contributed by atoms with Crippen LogP contribution in [0.3, 0.4) is 0 Å². The molecule has 0 aliphatic rings. The number of nitrogens with zero attached hydrogens (tertiary/aromatic N) is 2. The van der Waals surface area contributed by atoms with Crippen LogP contribution in [0.2, 0.25) is 0 Å². The van der Waals surface area contributed by atoms with Crippen LogP contribution in [0.4, 0.5) is 11.6 Å². The molecule has 21 heavy (non-hydrogen) atoms. The lowest BCUT2D eigenvalue weighted by Crippen LogP contribution is -2.30. The van der Waals surface area contributed by atoms with Crippen LogP contribution in [-0.4, -0.2) is 22.1 Å². The van der Waals surface area contributed by atoms with Gasteiger partial charge in [-0.1, -0.05) is 37.3 Å². The van der Waals surface area contributed by atoms with Gasteiger partial charge in [0, 0.05) is 23.7 Å². The van der Waals surface area contributed by atoms with Gasteiger partial charge in [-0.3, -0.25) is 0 Å². The minimum absolute atomic E-state index is 0.00575. The average molecular weight is 284 g/mol. The number of benzene rings is 1. The molecule has 0 aliphatic heterocycles. The summed E-state index contributed by atoms with van der Waals surface area (Å²) in [5.74, 6) is 2.44. The third-order valence-electron chi connectivity index (χ3n) is 3.47. The Hall–Kier alpha value is -2.10. The Balaban J connectivity index is 2.39. The first-order valence-corrected chi connectivity index (χ1v) is 7.50. The summed E-state index contributed by atoms with van der Waals surface area (Å²) in [5, 5.41) is 6.76. The lowest BCUT2D eigenvalue weighted by molar-refractivity contribution is 0.545. The van der Waals surface area contributed by atoms with Crippen molar-refractivity contribution in [2.75, 3.05) is 17.2 Å². The van der Waals surface area contributed by atoms with Crippen LogP contribution >= 0.6 is 0 Å². The summed E-state index contributed by atoms with van der Waals surface area (Å²) >= 11 is 0. The van der Waals surface area contributed by atoms with Gasteiger partial charge in [-0.15, -0.1) is 0 Å². The molecule has 0 aliphatic carbocycles. The monoisotopic (exact) mass is 284 g/mol. The van der Waals surface area contributed by atoms with Crippen LogP contribution in [0.1, 0.15) is 34.1 Å². The van der Waals surface area contributed by atoms with E-state index in [2.05, 4.69) is 48.3 Å². The van der Waals surface area contributed by atoms with E-state index < -0.39 is 0 Å². The molecule has 1 heterocycles. The number of anilines is 2. The van der Waals surface area contributed by atoms with Gasteiger partial charge in [0.15, 0.2) is 5.82 Å². The van der Waals surface area contributed by atoms with Crippen molar-refractivity contribution in [2.45, 2.75) is 39.7 Å². The lowest BCUT2D eigenvalue weighted by atomic mass is 10.0. The second-order valence-electron chi connectivity index (χ2n) is 5.72. The molecular weight excluding hydrogens is 260 g/mol. The molecule has 0 bridgehead atoms. The zero-order valence-electron chi connectivity index (χ0n) is 13.3. The highest BCUT2D eigenvalue weighted by Crippen LogP contribution is 2.23. The molecule has 112 valence electrons. The summed E-state index contributed by atoms with van der Waals surface area (Å²) in [6.45, 7) is 9.40. The van der Waals surface area contributed by atoms with Crippen molar-refractivity contribution in [2.24, 2.45) is 0 Å². The fourth-order valence-electron chi connectivity index (χ4n) is 1.93. The summed E-state index contributed by atoms with van der Waals surface area (Å²) < 4.78 is 0. The molecule has 1 aromatic carbocycles. The Labute approximate surface area is 127 Å². The van der Waals surface area contributed by atoms with Crippen molar-refractivity contribution in [3.8, 4) is 11.4 Å². The first-order valence-electron chi connectivity index (χ1n) is 7.50. The standard InChI is InChI=1S/C17H24N4/c1-5-17(3,4)21-15-12-14(18-6-2)19-16(20-15)13-10-8-7-9-11-13/h7-12H,5-6H2,1-4H3,(H2,18,19,20,21). The number of aromatic nitrogens is 2. The maximum atomic E-state index is 4.66. The van der Waals surface area contributed by atoms with E-state index in [1.54, 1.807) is 0 Å². The Morgan fingerprint density at radius 3 is 2.29 bits per heavy atom. The van der Waals surface area contributed by atoms with Crippen LogP contribution in [0, 0.1) is 0 Å². The number of nitrogens with one attached hydrogen (secondary N) is 2. The van der Waals surface area contributed by atoms with E-state index >= 15 is 0 Å². The smallest absolute Gasteiger partial charge is 0.163 e. The van der Waals surface area contributed by atoms with Gasteiger partial charge in [0.25, 0.3) is 0 Å². The molecule has 2 N–H and O–H groups in total. The maximum absolute atomic E-state index is 4.66. The molecular formula is C17H24N4. The van der Waals surface area contributed by atoms with Crippen molar-refractivity contribution >= 4 is 11.6 Å². The summed E-state index contributed by atoms with van der Waals surface area (Å²) in [7, 11) is 0. The molecule has 0 spiro atoms. The molecule has 1 aromatic heterocycles. The van der Waals surface area contributed by atoms with E-state index in [-0.39, 0.29) is 5.54 Å². The van der Waals surface area contributed by atoms with Gasteiger partial charge in [0.2, 0.25) is 0 Å². The van der Waals surface area contributed by atoms with Crippen LogP contribution in [-0.2, 0) is 0 Å². The minimum atomic E-state index is 0.00575. The number of hydrogen-bond acceptors (Lipinski definition) is 4. The minimum Gasteiger partial charge on any atom is -0.370 e. The van der Waals surface area contributed by atoms with E-state index in [9.17, 15) is 0 Å². The Kier molecular flexibility index (Phi) is 4.78. The third kappa shape index (κ3) is 4.18. The maximum Gasteiger partial charge on any atom is 0.163 e. The van der Waals surface area contributed by atoms with Crippen LogP contribution in [0.5, 0.6) is 0 Å². The van der Waals surface area contributed by atoms with Gasteiger partial charge in [-0.2, -0.15) is 0 Å². The first-order chi connectivity index (χ1) is 10.0. The fraction of sp³-hybridized carbons (Fsp3) is 0.412. The van der Waals surface area contributed by atoms with Gasteiger partial charge >= 0.3 is 0 Å². The normalized spacial score (nSPS) is 11.2. The van der Waals surface area contributed by atoms with Crippen molar-refractivity contribution < 1.29 is 0 Å². The Bertz CT molecular complexity index is 579. The highest BCUT2D eigenvalue weighted by Gasteiger charge is 2.16. The van der Waals surface area contributed by atoms with E-state index in [4.69, 9.17) is 0 Å². The van der Waals surface area contributed by atoms with Gasteiger partial charge in [0.1, 0.15) is 11.6 Å². The lowest BCUT2D eigenvalue weighted by Gasteiger charge is -2.25. The number of rotatable bonds is 6. The molecule has 0 fully saturated rings. The summed E-state index contributed by atoms with van der Waals surface area (Å²) in [4.78, 5) is 9.24.